The highest BCUT2D eigenvalue weighted by atomic mass is 16.5. The zero-order valence-corrected chi connectivity index (χ0v) is 13.2. The van der Waals surface area contributed by atoms with E-state index in [1.165, 1.54) is 0 Å². The molecule has 1 N–H and O–H groups in total. The molecule has 0 radical (unpaired) electrons. The standard InChI is InChI=1S/C15H28N2O3/c1-15(2,3)14(19)17-9-5-7-12(11-17)13(18)16-8-6-10-20-4/h12H,5-11H2,1-4H3,(H,16,18)/t12-/m0/s1. The second-order valence-corrected chi connectivity index (χ2v) is 6.48. The zero-order chi connectivity index (χ0) is 15.2. The van der Waals surface area contributed by atoms with E-state index in [0.717, 1.165) is 25.8 Å². The molecule has 116 valence electrons. The number of carbonyl (C=O) groups excluding carboxylic acids is 2. The fourth-order valence-electron chi connectivity index (χ4n) is 2.42. The van der Waals surface area contributed by atoms with E-state index in [4.69, 9.17) is 4.74 Å². The third-order valence-corrected chi connectivity index (χ3v) is 3.55. The molecule has 1 heterocycles. The molecule has 0 aromatic rings. The van der Waals surface area contributed by atoms with Crippen LogP contribution >= 0.6 is 0 Å². The monoisotopic (exact) mass is 284 g/mol. The quantitative estimate of drug-likeness (QED) is 0.777. The summed E-state index contributed by atoms with van der Waals surface area (Å²) in [6, 6.07) is 0. The van der Waals surface area contributed by atoms with Crippen molar-refractivity contribution in [1.29, 1.82) is 0 Å². The van der Waals surface area contributed by atoms with E-state index in [1.54, 1.807) is 7.11 Å². The molecule has 1 fully saturated rings. The minimum absolute atomic E-state index is 0.0625. The van der Waals surface area contributed by atoms with Crippen molar-refractivity contribution in [2.45, 2.75) is 40.0 Å². The Bertz CT molecular complexity index is 337. The summed E-state index contributed by atoms with van der Waals surface area (Å²) in [4.78, 5) is 26.2. The first-order valence-corrected chi connectivity index (χ1v) is 7.42. The minimum Gasteiger partial charge on any atom is -0.385 e. The first-order valence-electron chi connectivity index (χ1n) is 7.42. The molecule has 0 spiro atoms. The highest BCUT2D eigenvalue weighted by Gasteiger charge is 2.33. The van der Waals surface area contributed by atoms with Crippen molar-refractivity contribution in [2.75, 3.05) is 33.4 Å². The fourth-order valence-corrected chi connectivity index (χ4v) is 2.42. The van der Waals surface area contributed by atoms with Crippen LogP contribution in [0.2, 0.25) is 0 Å². The van der Waals surface area contributed by atoms with E-state index in [9.17, 15) is 9.59 Å². The van der Waals surface area contributed by atoms with Gasteiger partial charge in [0.2, 0.25) is 11.8 Å². The number of carbonyl (C=O) groups is 2. The molecular weight excluding hydrogens is 256 g/mol. The maximum absolute atomic E-state index is 12.3. The summed E-state index contributed by atoms with van der Waals surface area (Å²) < 4.78 is 4.95. The fraction of sp³-hybridized carbons (Fsp3) is 0.867. The van der Waals surface area contributed by atoms with Gasteiger partial charge in [0.05, 0.1) is 5.92 Å². The molecule has 1 saturated heterocycles. The molecule has 0 aliphatic carbocycles. The topological polar surface area (TPSA) is 58.6 Å². The maximum Gasteiger partial charge on any atom is 0.227 e. The summed E-state index contributed by atoms with van der Waals surface area (Å²) in [6.45, 7) is 8.36. The van der Waals surface area contributed by atoms with Crippen molar-refractivity contribution in [2.24, 2.45) is 11.3 Å². The number of hydrogen-bond donors (Lipinski definition) is 1. The molecule has 0 saturated carbocycles. The van der Waals surface area contributed by atoms with Gasteiger partial charge in [-0.15, -0.1) is 0 Å². The molecule has 5 heteroatoms. The smallest absolute Gasteiger partial charge is 0.227 e. The lowest BCUT2D eigenvalue weighted by Crippen LogP contribution is -2.48. The molecule has 1 aliphatic rings. The average molecular weight is 284 g/mol. The number of nitrogens with one attached hydrogen (secondary N) is 1. The maximum atomic E-state index is 12.3. The first kappa shape index (κ1) is 17.0. The number of piperidine rings is 1. The van der Waals surface area contributed by atoms with E-state index >= 15 is 0 Å². The van der Waals surface area contributed by atoms with Gasteiger partial charge in [-0.3, -0.25) is 9.59 Å². The van der Waals surface area contributed by atoms with Gasteiger partial charge in [0.15, 0.2) is 0 Å². The lowest BCUT2D eigenvalue weighted by molar-refractivity contribution is -0.142. The Kier molecular flexibility index (Phi) is 6.46. The Balaban J connectivity index is 2.44. The minimum atomic E-state index is -0.378. The van der Waals surface area contributed by atoms with E-state index in [2.05, 4.69) is 5.32 Å². The highest BCUT2D eigenvalue weighted by molar-refractivity contribution is 5.83. The van der Waals surface area contributed by atoms with Crippen molar-refractivity contribution >= 4 is 11.8 Å². The Hall–Kier alpha value is -1.10. The summed E-state index contributed by atoms with van der Waals surface area (Å²) in [5.41, 5.74) is -0.378. The lowest BCUT2D eigenvalue weighted by atomic mass is 9.91. The van der Waals surface area contributed by atoms with Crippen molar-refractivity contribution in [3.63, 3.8) is 0 Å². The van der Waals surface area contributed by atoms with Gasteiger partial charge in [-0.05, 0) is 19.3 Å². The summed E-state index contributed by atoms with van der Waals surface area (Å²) >= 11 is 0. The Morgan fingerprint density at radius 2 is 2.05 bits per heavy atom. The summed E-state index contributed by atoms with van der Waals surface area (Å²) in [5.74, 6) is 0.125. The van der Waals surface area contributed by atoms with Crippen molar-refractivity contribution in [1.82, 2.24) is 10.2 Å². The number of ether oxygens (including phenoxy) is 1. The number of likely N-dealkylation sites (tertiary alicyclic amines) is 1. The average Bonchev–Trinajstić information content (AvgIpc) is 2.41. The molecule has 5 nitrogen and oxygen atoms in total. The van der Waals surface area contributed by atoms with Crippen molar-refractivity contribution in [3.8, 4) is 0 Å². The predicted octanol–water partition coefficient (Wildman–Crippen LogP) is 1.42. The summed E-state index contributed by atoms with van der Waals surface area (Å²) in [7, 11) is 1.65. The molecule has 1 atom stereocenters. The van der Waals surface area contributed by atoms with E-state index in [1.807, 2.05) is 25.7 Å². The van der Waals surface area contributed by atoms with Crippen LogP contribution < -0.4 is 5.32 Å². The molecule has 1 rings (SSSR count). The number of methoxy groups -OCH3 is 1. The third kappa shape index (κ3) is 5.12. The highest BCUT2D eigenvalue weighted by Crippen LogP contribution is 2.23. The van der Waals surface area contributed by atoms with Crippen molar-refractivity contribution in [3.05, 3.63) is 0 Å². The second-order valence-electron chi connectivity index (χ2n) is 6.48. The molecule has 1 aliphatic heterocycles. The van der Waals surface area contributed by atoms with Crippen LogP contribution in [0, 0.1) is 11.3 Å². The zero-order valence-electron chi connectivity index (χ0n) is 13.2. The van der Waals surface area contributed by atoms with Gasteiger partial charge >= 0.3 is 0 Å². The van der Waals surface area contributed by atoms with Gasteiger partial charge < -0.3 is 15.0 Å². The van der Waals surface area contributed by atoms with Crippen LogP contribution in [-0.2, 0) is 14.3 Å². The SMILES string of the molecule is COCCCNC(=O)[C@H]1CCCN(C(=O)C(C)(C)C)C1. The third-order valence-electron chi connectivity index (χ3n) is 3.55. The number of nitrogens with zero attached hydrogens (tertiary/aromatic N) is 1. The van der Waals surface area contributed by atoms with Gasteiger partial charge in [0, 0.05) is 38.8 Å². The van der Waals surface area contributed by atoms with Crippen LogP contribution in [0.15, 0.2) is 0 Å². The normalized spacial score (nSPS) is 19.8. The largest absolute Gasteiger partial charge is 0.385 e. The molecule has 0 unspecified atom stereocenters. The summed E-state index contributed by atoms with van der Waals surface area (Å²) in [6.07, 6.45) is 2.58. The van der Waals surface area contributed by atoms with Crippen LogP contribution in [0.4, 0.5) is 0 Å². The van der Waals surface area contributed by atoms with Crippen molar-refractivity contribution < 1.29 is 14.3 Å². The van der Waals surface area contributed by atoms with Crippen LogP contribution in [0.1, 0.15) is 40.0 Å². The van der Waals surface area contributed by atoms with E-state index in [0.29, 0.717) is 19.7 Å². The Labute approximate surface area is 122 Å². The van der Waals surface area contributed by atoms with Gasteiger partial charge in [-0.1, -0.05) is 20.8 Å². The molecule has 2 amide bonds. The molecule has 0 aromatic carbocycles. The van der Waals surface area contributed by atoms with Crippen LogP contribution in [0.3, 0.4) is 0 Å². The number of rotatable bonds is 5. The van der Waals surface area contributed by atoms with Crippen LogP contribution in [-0.4, -0.2) is 50.1 Å². The van der Waals surface area contributed by atoms with Crippen LogP contribution in [0.25, 0.3) is 0 Å². The Morgan fingerprint density at radius 1 is 1.35 bits per heavy atom. The number of amides is 2. The number of hydrogen-bond acceptors (Lipinski definition) is 3. The molecule has 20 heavy (non-hydrogen) atoms. The van der Waals surface area contributed by atoms with Gasteiger partial charge in [0.1, 0.15) is 0 Å². The van der Waals surface area contributed by atoms with Crippen LogP contribution in [0.5, 0.6) is 0 Å². The van der Waals surface area contributed by atoms with Gasteiger partial charge in [-0.25, -0.2) is 0 Å². The lowest BCUT2D eigenvalue weighted by Gasteiger charge is -2.35. The van der Waals surface area contributed by atoms with E-state index in [-0.39, 0.29) is 23.1 Å². The second kappa shape index (κ2) is 7.62. The molecule has 0 aromatic heterocycles. The predicted molar refractivity (Wildman–Crippen MR) is 78.3 cm³/mol. The first-order chi connectivity index (χ1) is 9.36. The Morgan fingerprint density at radius 3 is 2.65 bits per heavy atom. The molecule has 0 bridgehead atoms. The molecular formula is C15H28N2O3. The van der Waals surface area contributed by atoms with Gasteiger partial charge in [-0.2, -0.15) is 0 Å². The summed E-state index contributed by atoms with van der Waals surface area (Å²) in [5, 5.41) is 2.93. The van der Waals surface area contributed by atoms with E-state index < -0.39 is 0 Å². The van der Waals surface area contributed by atoms with Gasteiger partial charge in [0.25, 0.3) is 0 Å².